The van der Waals surface area contributed by atoms with Crippen molar-refractivity contribution in [2.45, 2.75) is 0 Å². The third-order valence-corrected chi connectivity index (χ3v) is 2.93. The Kier molecular flexibility index (Phi) is 2.94. The Morgan fingerprint density at radius 3 is 2.60 bits per heavy atom. The predicted molar refractivity (Wildman–Crippen MR) is 78.9 cm³/mol. The fraction of sp³-hybridized carbons (Fsp3) is 0. The van der Waals surface area contributed by atoms with Gasteiger partial charge in [0, 0.05) is 16.6 Å². The fourth-order valence-corrected chi connectivity index (χ4v) is 1.93. The Bertz CT molecular complexity index is 804. The third kappa shape index (κ3) is 2.25. The van der Waals surface area contributed by atoms with Gasteiger partial charge in [-0.25, -0.2) is 9.97 Å². The first kappa shape index (κ1) is 12.0. The lowest BCUT2D eigenvalue weighted by Gasteiger charge is -2.08. The van der Waals surface area contributed by atoms with Crippen LogP contribution in [0.1, 0.15) is 5.56 Å². The molecular weight excluding hydrogens is 250 g/mol. The molecule has 0 bridgehead atoms. The molecule has 4 nitrogen and oxygen atoms in total. The minimum Gasteiger partial charge on any atom is -0.508 e. The number of benzene rings is 2. The van der Waals surface area contributed by atoms with E-state index in [-0.39, 0.29) is 5.75 Å². The molecule has 2 N–H and O–H groups in total. The average Bonchev–Trinajstić information content (AvgIpc) is 2.49. The third-order valence-electron chi connectivity index (χ3n) is 2.93. The van der Waals surface area contributed by atoms with Gasteiger partial charge in [0.2, 0.25) is 0 Å². The van der Waals surface area contributed by atoms with E-state index in [9.17, 15) is 5.11 Å². The Balaban J connectivity index is 2.01. The van der Waals surface area contributed by atoms with E-state index < -0.39 is 0 Å². The van der Waals surface area contributed by atoms with E-state index in [0.717, 1.165) is 22.2 Å². The Morgan fingerprint density at radius 1 is 1.05 bits per heavy atom. The molecule has 96 valence electrons. The molecule has 0 radical (unpaired) electrons. The van der Waals surface area contributed by atoms with E-state index in [1.54, 1.807) is 18.2 Å². The van der Waals surface area contributed by atoms with Crippen LogP contribution in [0.5, 0.6) is 5.75 Å². The number of anilines is 2. The number of rotatable bonds is 2. The van der Waals surface area contributed by atoms with Crippen LogP contribution in [-0.4, -0.2) is 15.1 Å². The summed E-state index contributed by atoms with van der Waals surface area (Å²) in [7, 11) is 0. The summed E-state index contributed by atoms with van der Waals surface area (Å²) >= 11 is 0. The van der Waals surface area contributed by atoms with Gasteiger partial charge in [0.1, 0.15) is 17.9 Å². The zero-order valence-corrected chi connectivity index (χ0v) is 10.5. The van der Waals surface area contributed by atoms with Gasteiger partial charge in [0.15, 0.2) is 0 Å². The van der Waals surface area contributed by atoms with E-state index in [0.29, 0.717) is 5.82 Å². The van der Waals surface area contributed by atoms with Crippen LogP contribution in [0.4, 0.5) is 11.5 Å². The summed E-state index contributed by atoms with van der Waals surface area (Å²) in [6.07, 6.45) is 6.81. The van der Waals surface area contributed by atoms with Gasteiger partial charge < -0.3 is 10.4 Å². The van der Waals surface area contributed by atoms with Crippen molar-refractivity contribution >= 4 is 22.4 Å². The summed E-state index contributed by atoms with van der Waals surface area (Å²) in [5.74, 6) is 3.39. The van der Waals surface area contributed by atoms with E-state index in [4.69, 9.17) is 6.42 Å². The maximum atomic E-state index is 9.58. The molecule has 0 saturated heterocycles. The Hall–Kier alpha value is -3.06. The zero-order valence-electron chi connectivity index (χ0n) is 10.5. The summed E-state index contributed by atoms with van der Waals surface area (Å²) in [6.45, 7) is 0. The highest BCUT2D eigenvalue weighted by molar-refractivity contribution is 5.91. The summed E-state index contributed by atoms with van der Waals surface area (Å²) in [5.41, 5.74) is 2.45. The second-order valence-electron chi connectivity index (χ2n) is 4.27. The Labute approximate surface area is 116 Å². The van der Waals surface area contributed by atoms with Crippen molar-refractivity contribution in [3.05, 3.63) is 54.4 Å². The van der Waals surface area contributed by atoms with Crippen molar-refractivity contribution in [3.8, 4) is 18.1 Å². The van der Waals surface area contributed by atoms with Crippen molar-refractivity contribution in [1.82, 2.24) is 9.97 Å². The predicted octanol–water partition coefficient (Wildman–Crippen LogP) is 3.06. The molecule has 0 aliphatic carbocycles. The number of hydrogen-bond donors (Lipinski definition) is 2. The van der Waals surface area contributed by atoms with Gasteiger partial charge in [-0.15, -0.1) is 6.42 Å². The first-order chi connectivity index (χ1) is 9.76. The molecule has 0 amide bonds. The molecule has 2 aromatic carbocycles. The molecule has 3 rings (SSSR count). The number of aromatic nitrogens is 2. The summed E-state index contributed by atoms with van der Waals surface area (Å²) < 4.78 is 0. The molecule has 4 heteroatoms. The number of aromatic hydroxyl groups is 1. The van der Waals surface area contributed by atoms with E-state index >= 15 is 0 Å². The number of nitrogens with zero attached hydrogens (tertiary/aromatic N) is 2. The van der Waals surface area contributed by atoms with Crippen LogP contribution in [0, 0.1) is 12.3 Å². The van der Waals surface area contributed by atoms with Crippen LogP contribution in [0.15, 0.2) is 48.8 Å². The molecular formula is C16H11N3O. The lowest BCUT2D eigenvalue weighted by molar-refractivity contribution is 0.476. The van der Waals surface area contributed by atoms with Crippen LogP contribution in [0.25, 0.3) is 10.9 Å². The quantitative estimate of drug-likeness (QED) is 0.696. The van der Waals surface area contributed by atoms with E-state index in [2.05, 4.69) is 21.2 Å². The zero-order chi connectivity index (χ0) is 13.9. The number of phenols is 1. The second kappa shape index (κ2) is 4.90. The van der Waals surface area contributed by atoms with Gasteiger partial charge in [0.25, 0.3) is 0 Å². The van der Waals surface area contributed by atoms with Gasteiger partial charge in [0.05, 0.1) is 5.52 Å². The highest BCUT2D eigenvalue weighted by atomic mass is 16.3. The van der Waals surface area contributed by atoms with E-state index in [1.165, 1.54) is 6.33 Å². The van der Waals surface area contributed by atoms with Gasteiger partial charge in [-0.3, -0.25) is 0 Å². The van der Waals surface area contributed by atoms with Crippen molar-refractivity contribution < 1.29 is 5.11 Å². The van der Waals surface area contributed by atoms with Crippen LogP contribution in [0.3, 0.4) is 0 Å². The summed E-state index contributed by atoms with van der Waals surface area (Å²) in [4.78, 5) is 8.38. The maximum absolute atomic E-state index is 9.58. The molecule has 0 atom stereocenters. The second-order valence-corrected chi connectivity index (χ2v) is 4.27. The van der Waals surface area contributed by atoms with Crippen molar-refractivity contribution in [1.29, 1.82) is 0 Å². The van der Waals surface area contributed by atoms with E-state index in [1.807, 2.05) is 24.3 Å². The largest absolute Gasteiger partial charge is 0.508 e. The molecule has 20 heavy (non-hydrogen) atoms. The molecule has 0 aliphatic rings. The Morgan fingerprint density at radius 2 is 1.85 bits per heavy atom. The highest BCUT2D eigenvalue weighted by Crippen LogP contribution is 2.26. The fourth-order valence-electron chi connectivity index (χ4n) is 1.93. The SMILES string of the molecule is C#Cc1ccc(Nc2ncnc3ccc(O)cc23)cc1. The number of terminal acetylenes is 1. The molecule has 0 spiro atoms. The number of hydrogen-bond acceptors (Lipinski definition) is 4. The van der Waals surface area contributed by atoms with Gasteiger partial charge in [-0.1, -0.05) is 5.92 Å². The van der Waals surface area contributed by atoms with Crippen molar-refractivity contribution in [3.63, 3.8) is 0 Å². The standard InChI is InChI=1S/C16H11N3O/c1-2-11-3-5-12(6-4-11)19-16-14-9-13(20)7-8-15(14)17-10-18-16/h1,3-10,20H,(H,17,18,19). The lowest BCUT2D eigenvalue weighted by atomic mass is 10.2. The normalized spacial score (nSPS) is 10.2. The average molecular weight is 261 g/mol. The van der Waals surface area contributed by atoms with Crippen molar-refractivity contribution in [2.75, 3.05) is 5.32 Å². The maximum Gasteiger partial charge on any atom is 0.141 e. The van der Waals surface area contributed by atoms with Gasteiger partial charge >= 0.3 is 0 Å². The first-order valence-corrected chi connectivity index (χ1v) is 6.04. The molecule has 1 aromatic heterocycles. The number of fused-ring (bicyclic) bond motifs is 1. The highest BCUT2D eigenvalue weighted by Gasteiger charge is 2.05. The van der Waals surface area contributed by atoms with Crippen molar-refractivity contribution in [2.24, 2.45) is 0 Å². The van der Waals surface area contributed by atoms with Crippen LogP contribution in [-0.2, 0) is 0 Å². The molecule has 3 aromatic rings. The molecule has 0 fully saturated rings. The molecule has 0 unspecified atom stereocenters. The van der Waals surface area contributed by atoms with Crippen LogP contribution < -0.4 is 5.32 Å². The number of phenolic OH excluding ortho intramolecular Hbond substituents is 1. The number of nitrogens with one attached hydrogen (secondary N) is 1. The van der Waals surface area contributed by atoms with Gasteiger partial charge in [-0.2, -0.15) is 0 Å². The minimum absolute atomic E-state index is 0.179. The summed E-state index contributed by atoms with van der Waals surface area (Å²) in [5, 5.41) is 13.5. The molecule has 0 aliphatic heterocycles. The summed E-state index contributed by atoms with van der Waals surface area (Å²) in [6, 6.07) is 12.4. The minimum atomic E-state index is 0.179. The monoisotopic (exact) mass is 261 g/mol. The lowest BCUT2D eigenvalue weighted by Crippen LogP contribution is -1.95. The van der Waals surface area contributed by atoms with Crippen LogP contribution in [0.2, 0.25) is 0 Å². The first-order valence-electron chi connectivity index (χ1n) is 6.04. The molecule has 0 saturated carbocycles. The smallest absolute Gasteiger partial charge is 0.141 e. The topological polar surface area (TPSA) is 58.0 Å². The van der Waals surface area contributed by atoms with Crippen LogP contribution >= 0.6 is 0 Å². The van der Waals surface area contributed by atoms with Gasteiger partial charge in [-0.05, 0) is 42.5 Å². The molecule has 1 heterocycles.